The third-order valence-electron chi connectivity index (χ3n) is 2.65. The zero-order chi connectivity index (χ0) is 12.3. The smallest absolute Gasteiger partial charge is 0.157 e. The maximum Gasteiger partial charge on any atom is 0.157 e. The van der Waals surface area contributed by atoms with Gasteiger partial charge in [0.2, 0.25) is 0 Å². The largest absolute Gasteiger partial charge is 0.394 e. The highest BCUT2D eigenvalue weighted by molar-refractivity contribution is 6.30. The predicted octanol–water partition coefficient (Wildman–Crippen LogP) is -0.180. The summed E-state index contributed by atoms with van der Waals surface area (Å²) in [6.07, 6.45) is -0.209. The van der Waals surface area contributed by atoms with Gasteiger partial charge < -0.3 is 19.8 Å². The molecule has 2 N–H and O–H groups in total. The van der Waals surface area contributed by atoms with E-state index < -0.39 is 0 Å². The fourth-order valence-electron chi connectivity index (χ4n) is 1.71. The van der Waals surface area contributed by atoms with Gasteiger partial charge in [0, 0.05) is 18.7 Å². The van der Waals surface area contributed by atoms with Crippen LogP contribution in [0.15, 0.2) is 6.07 Å². The molecule has 0 aromatic carbocycles. The van der Waals surface area contributed by atoms with Crippen LogP contribution in [0.2, 0.25) is 5.15 Å². The van der Waals surface area contributed by atoms with Crippen LogP contribution >= 0.6 is 11.6 Å². The minimum absolute atomic E-state index is 0.0234. The molecule has 94 valence electrons. The molecule has 0 radical (unpaired) electrons. The Labute approximate surface area is 104 Å². The standard InChI is InChI=1S/C10H14ClN3O3/c11-10-7(5-15)3-9(12-13-10)14-1-2-17-8(4-14)6-16/h3,8,15-16H,1-2,4-6H2/t8-/m0/s1. The Balaban J connectivity index is 2.16. The zero-order valence-electron chi connectivity index (χ0n) is 9.21. The van der Waals surface area contributed by atoms with Crippen LogP contribution in [0.25, 0.3) is 0 Å². The average Bonchev–Trinajstić information content (AvgIpc) is 2.39. The van der Waals surface area contributed by atoms with Gasteiger partial charge in [-0.3, -0.25) is 0 Å². The molecule has 0 saturated carbocycles. The third kappa shape index (κ3) is 2.84. The van der Waals surface area contributed by atoms with Crippen molar-refractivity contribution < 1.29 is 14.9 Å². The van der Waals surface area contributed by atoms with Gasteiger partial charge in [-0.1, -0.05) is 11.6 Å². The molecule has 0 bridgehead atoms. The lowest BCUT2D eigenvalue weighted by molar-refractivity contribution is 0.00331. The van der Waals surface area contributed by atoms with Crippen LogP contribution in [-0.2, 0) is 11.3 Å². The topological polar surface area (TPSA) is 78.7 Å². The van der Waals surface area contributed by atoms with Crippen molar-refractivity contribution in [3.8, 4) is 0 Å². The first-order valence-electron chi connectivity index (χ1n) is 5.35. The lowest BCUT2D eigenvalue weighted by Gasteiger charge is -2.32. The average molecular weight is 260 g/mol. The van der Waals surface area contributed by atoms with Crippen LogP contribution in [0, 0.1) is 0 Å². The van der Waals surface area contributed by atoms with Crippen molar-refractivity contribution >= 4 is 17.4 Å². The van der Waals surface area contributed by atoms with Gasteiger partial charge in [0.15, 0.2) is 11.0 Å². The van der Waals surface area contributed by atoms with Crippen LogP contribution in [-0.4, -0.2) is 52.8 Å². The van der Waals surface area contributed by atoms with Crippen LogP contribution in [0.1, 0.15) is 5.56 Å². The lowest BCUT2D eigenvalue weighted by Crippen LogP contribution is -2.44. The number of aromatic nitrogens is 2. The van der Waals surface area contributed by atoms with Gasteiger partial charge in [-0.15, -0.1) is 10.2 Å². The summed E-state index contributed by atoms with van der Waals surface area (Å²) in [5.74, 6) is 0.639. The first-order valence-corrected chi connectivity index (χ1v) is 5.72. The van der Waals surface area contributed by atoms with Crippen LogP contribution in [0.5, 0.6) is 0 Å². The summed E-state index contributed by atoms with van der Waals surface area (Å²) in [6, 6.07) is 1.70. The van der Waals surface area contributed by atoms with Crippen LogP contribution < -0.4 is 4.90 Å². The Morgan fingerprint density at radius 3 is 3.00 bits per heavy atom. The zero-order valence-corrected chi connectivity index (χ0v) is 9.97. The van der Waals surface area contributed by atoms with E-state index in [-0.39, 0.29) is 24.5 Å². The highest BCUT2D eigenvalue weighted by Gasteiger charge is 2.21. The lowest BCUT2D eigenvalue weighted by atomic mass is 10.2. The molecule has 1 atom stereocenters. The minimum Gasteiger partial charge on any atom is -0.394 e. The number of rotatable bonds is 3. The molecule has 2 heterocycles. The van der Waals surface area contributed by atoms with Gasteiger partial charge in [0.1, 0.15) is 0 Å². The SMILES string of the molecule is OCc1cc(N2CCO[C@H](CO)C2)nnc1Cl. The summed E-state index contributed by atoms with van der Waals surface area (Å²) in [5.41, 5.74) is 0.545. The van der Waals surface area contributed by atoms with Crippen molar-refractivity contribution in [2.75, 3.05) is 31.2 Å². The van der Waals surface area contributed by atoms with Crippen molar-refractivity contribution in [1.29, 1.82) is 0 Å². The van der Waals surface area contributed by atoms with E-state index in [1.807, 2.05) is 4.90 Å². The quantitative estimate of drug-likeness (QED) is 0.784. The number of aliphatic hydroxyl groups is 2. The molecule has 1 fully saturated rings. The molecule has 0 amide bonds. The number of ether oxygens (including phenoxy) is 1. The molecular weight excluding hydrogens is 246 g/mol. The summed E-state index contributed by atoms with van der Waals surface area (Å²) >= 11 is 5.77. The molecule has 2 rings (SSSR count). The number of aliphatic hydroxyl groups excluding tert-OH is 2. The number of nitrogens with zero attached hydrogens (tertiary/aromatic N) is 3. The molecule has 1 saturated heterocycles. The number of hydrogen-bond acceptors (Lipinski definition) is 6. The third-order valence-corrected chi connectivity index (χ3v) is 2.96. The maximum absolute atomic E-state index is 9.10. The molecule has 0 spiro atoms. The van der Waals surface area contributed by atoms with E-state index in [0.29, 0.717) is 31.1 Å². The predicted molar refractivity (Wildman–Crippen MR) is 62.0 cm³/mol. The number of halogens is 1. The molecule has 7 heteroatoms. The van der Waals surface area contributed by atoms with Crippen molar-refractivity contribution in [2.24, 2.45) is 0 Å². The molecule has 6 nitrogen and oxygen atoms in total. The summed E-state index contributed by atoms with van der Waals surface area (Å²) in [5, 5.41) is 26.1. The number of anilines is 1. The Morgan fingerprint density at radius 1 is 1.47 bits per heavy atom. The van der Waals surface area contributed by atoms with E-state index in [1.165, 1.54) is 0 Å². The fraction of sp³-hybridized carbons (Fsp3) is 0.600. The molecule has 0 aliphatic carbocycles. The molecular formula is C10H14ClN3O3. The first-order chi connectivity index (χ1) is 8.24. The first kappa shape index (κ1) is 12.5. The molecule has 1 aromatic rings. The second kappa shape index (κ2) is 5.59. The van der Waals surface area contributed by atoms with E-state index in [0.717, 1.165) is 0 Å². The molecule has 1 aromatic heterocycles. The Kier molecular flexibility index (Phi) is 4.11. The van der Waals surface area contributed by atoms with Gasteiger partial charge >= 0.3 is 0 Å². The van der Waals surface area contributed by atoms with Crippen molar-refractivity contribution in [3.05, 3.63) is 16.8 Å². The summed E-state index contributed by atoms with van der Waals surface area (Å²) in [6.45, 7) is 1.57. The van der Waals surface area contributed by atoms with E-state index in [2.05, 4.69) is 10.2 Å². The Hall–Kier alpha value is -0.950. The maximum atomic E-state index is 9.10. The van der Waals surface area contributed by atoms with Gasteiger partial charge in [0.25, 0.3) is 0 Å². The van der Waals surface area contributed by atoms with Gasteiger partial charge in [-0.25, -0.2) is 0 Å². The van der Waals surface area contributed by atoms with E-state index in [4.69, 9.17) is 26.6 Å². The summed E-state index contributed by atoms with van der Waals surface area (Å²) in [7, 11) is 0. The summed E-state index contributed by atoms with van der Waals surface area (Å²) < 4.78 is 5.34. The number of morpholine rings is 1. The Morgan fingerprint density at radius 2 is 2.29 bits per heavy atom. The van der Waals surface area contributed by atoms with Crippen LogP contribution in [0.4, 0.5) is 5.82 Å². The van der Waals surface area contributed by atoms with E-state index in [9.17, 15) is 0 Å². The van der Waals surface area contributed by atoms with Gasteiger partial charge in [-0.05, 0) is 6.07 Å². The molecule has 1 aliphatic rings. The molecule has 0 unspecified atom stereocenters. The number of hydrogen-bond donors (Lipinski definition) is 2. The van der Waals surface area contributed by atoms with Crippen molar-refractivity contribution in [3.63, 3.8) is 0 Å². The molecule has 17 heavy (non-hydrogen) atoms. The van der Waals surface area contributed by atoms with Crippen molar-refractivity contribution in [1.82, 2.24) is 10.2 Å². The van der Waals surface area contributed by atoms with Gasteiger partial charge in [-0.2, -0.15) is 0 Å². The molecule has 1 aliphatic heterocycles. The minimum atomic E-state index is -0.209. The summed E-state index contributed by atoms with van der Waals surface area (Å²) in [4.78, 5) is 1.95. The van der Waals surface area contributed by atoms with Crippen molar-refractivity contribution in [2.45, 2.75) is 12.7 Å². The second-order valence-electron chi connectivity index (χ2n) is 3.80. The highest BCUT2D eigenvalue weighted by atomic mass is 35.5. The van der Waals surface area contributed by atoms with Gasteiger partial charge in [0.05, 0.1) is 25.9 Å². The highest BCUT2D eigenvalue weighted by Crippen LogP contribution is 2.19. The van der Waals surface area contributed by atoms with E-state index in [1.54, 1.807) is 6.07 Å². The normalized spacial score (nSPS) is 20.6. The fourth-order valence-corrected chi connectivity index (χ4v) is 1.86. The van der Waals surface area contributed by atoms with E-state index >= 15 is 0 Å². The Bertz CT molecular complexity index is 391. The second-order valence-corrected chi connectivity index (χ2v) is 4.16. The monoisotopic (exact) mass is 259 g/mol. The van der Waals surface area contributed by atoms with Crippen LogP contribution in [0.3, 0.4) is 0 Å².